The second-order valence-corrected chi connectivity index (χ2v) is 8.06. The molecule has 1 aromatic carbocycles. The van der Waals surface area contributed by atoms with Crippen LogP contribution in [0.1, 0.15) is 28.2 Å². The van der Waals surface area contributed by atoms with Gasteiger partial charge in [-0.3, -0.25) is 19.1 Å². The third-order valence-electron chi connectivity index (χ3n) is 5.76. The molecule has 0 saturated carbocycles. The Labute approximate surface area is 191 Å². The maximum Gasteiger partial charge on any atom is 0.319 e. The molecule has 4 rings (SSSR count). The van der Waals surface area contributed by atoms with Gasteiger partial charge in [0.05, 0.1) is 24.2 Å². The van der Waals surface area contributed by atoms with Gasteiger partial charge >= 0.3 is 6.03 Å². The zero-order chi connectivity index (χ0) is 23.4. The lowest BCUT2D eigenvalue weighted by molar-refractivity contribution is -0.131. The second kappa shape index (κ2) is 9.64. The van der Waals surface area contributed by atoms with Gasteiger partial charge in [-0.15, -0.1) is 0 Å². The fourth-order valence-electron chi connectivity index (χ4n) is 3.75. The first kappa shape index (κ1) is 22.2. The number of carbonyl (C=O) groups is 2. The van der Waals surface area contributed by atoms with Crippen LogP contribution in [0.5, 0.6) is 0 Å². The molecule has 0 saturated heterocycles. The topological polar surface area (TPSA) is 109 Å². The van der Waals surface area contributed by atoms with E-state index in [1.165, 1.54) is 4.57 Å². The van der Waals surface area contributed by atoms with Gasteiger partial charge in [-0.2, -0.15) is 0 Å². The predicted molar refractivity (Wildman–Crippen MR) is 124 cm³/mol. The molecule has 9 nitrogen and oxygen atoms in total. The molecule has 2 aromatic heterocycles. The Balaban J connectivity index is 1.32. The smallest absolute Gasteiger partial charge is 0.319 e. The van der Waals surface area contributed by atoms with Crippen molar-refractivity contribution in [2.45, 2.75) is 32.9 Å². The molecule has 0 atom stereocenters. The monoisotopic (exact) mass is 446 g/mol. The number of nitrogens with one attached hydrogen (secondary N) is 2. The Morgan fingerprint density at radius 2 is 1.91 bits per heavy atom. The van der Waals surface area contributed by atoms with E-state index in [4.69, 9.17) is 0 Å². The number of pyridine rings is 1. The largest absolute Gasteiger partial charge is 0.337 e. The second-order valence-electron chi connectivity index (χ2n) is 8.06. The maximum absolute atomic E-state index is 12.8. The van der Waals surface area contributed by atoms with Crippen molar-refractivity contribution in [2.24, 2.45) is 7.05 Å². The standard InChI is InChI=1S/C24H26N6O3/c1-16-27-21-9-11-30(15-20(21)23(32)29(16)2)22(31)12-17-5-7-19(8-6-17)28-24(33)26-14-18-4-3-10-25-13-18/h3-8,10,13H,9,11-12,14-15H2,1-2H3,(H2,26,28,33). The number of benzene rings is 1. The molecule has 170 valence electrons. The molecular formula is C24H26N6O3. The molecule has 2 N–H and O–H groups in total. The van der Waals surface area contributed by atoms with Crippen molar-refractivity contribution in [3.63, 3.8) is 0 Å². The zero-order valence-electron chi connectivity index (χ0n) is 18.7. The number of anilines is 1. The minimum Gasteiger partial charge on any atom is -0.337 e. The molecule has 33 heavy (non-hydrogen) atoms. The van der Waals surface area contributed by atoms with Crippen LogP contribution in [0.2, 0.25) is 0 Å². The number of fused-ring (bicyclic) bond motifs is 1. The van der Waals surface area contributed by atoms with Crippen molar-refractivity contribution in [2.75, 3.05) is 11.9 Å². The van der Waals surface area contributed by atoms with Gasteiger partial charge in [-0.05, 0) is 36.2 Å². The van der Waals surface area contributed by atoms with Gasteiger partial charge in [0.1, 0.15) is 5.82 Å². The summed E-state index contributed by atoms with van der Waals surface area (Å²) in [5, 5.41) is 5.55. The highest BCUT2D eigenvalue weighted by Gasteiger charge is 2.25. The molecule has 0 radical (unpaired) electrons. The van der Waals surface area contributed by atoms with Gasteiger partial charge in [-0.1, -0.05) is 18.2 Å². The SMILES string of the molecule is Cc1nc2c(c(=O)n1C)CN(C(=O)Cc1ccc(NC(=O)NCc3cccnc3)cc1)CC2. The summed E-state index contributed by atoms with van der Waals surface area (Å²) in [6.45, 7) is 3.01. The number of amides is 3. The number of hydrogen-bond acceptors (Lipinski definition) is 5. The van der Waals surface area contributed by atoms with Gasteiger partial charge in [0.25, 0.3) is 5.56 Å². The number of rotatable bonds is 5. The molecule has 0 bridgehead atoms. The molecule has 0 unspecified atom stereocenters. The minimum absolute atomic E-state index is 0.0433. The van der Waals surface area contributed by atoms with E-state index < -0.39 is 0 Å². The summed E-state index contributed by atoms with van der Waals surface area (Å²) in [4.78, 5) is 47.7. The Morgan fingerprint density at radius 3 is 2.64 bits per heavy atom. The third-order valence-corrected chi connectivity index (χ3v) is 5.76. The molecule has 0 fully saturated rings. The van der Waals surface area contributed by atoms with Crippen LogP contribution in [0.4, 0.5) is 10.5 Å². The van der Waals surface area contributed by atoms with Crippen molar-refractivity contribution in [1.29, 1.82) is 0 Å². The van der Waals surface area contributed by atoms with Crippen molar-refractivity contribution in [1.82, 2.24) is 24.8 Å². The molecule has 1 aliphatic heterocycles. The molecule has 0 spiro atoms. The number of nitrogens with zero attached hydrogens (tertiary/aromatic N) is 4. The van der Waals surface area contributed by atoms with E-state index in [-0.39, 0.29) is 30.5 Å². The number of aromatic nitrogens is 3. The lowest BCUT2D eigenvalue weighted by atomic mass is 10.0. The number of carbonyl (C=O) groups excluding carboxylic acids is 2. The number of urea groups is 1. The summed E-state index contributed by atoms with van der Waals surface area (Å²) in [6, 6.07) is 10.5. The highest BCUT2D eigenvalue weighted by molar-refractivity contribution is 5.89. The van der Waals surface area contributed by atoms with Crippen LogP contribution >= 0.6 is 0 Å². The summed E-state index contributed by atoms with van der Waals surface area (Å²) in [6.07, 6.45) is 4.18. The van der Waals surface area contributed by atoms with Crippen molar-refractivity contribution < 1.29 is 9.59 Å². The van der Waals surface area contributed by atoms with Gasteiger partial charge in [0.15, 0.2) is 0 Å². The first-order chi connectivity index (χ1) is 15.9. The van der Waals surface area contributed by atoms with Crippen molar-refractivity contribution in [3.8, 4) is 0 Å². The van der Waals surface area contributed by atoms with Crippen LogP contribution in [-0.2, 0) is 37.8 Å². The van der Waals surface area contributed by atoms with Crippen LogP contribution in [0.25, 0.3) is 0 Å². The molecule has 0 aliphatic carbocycles. The van der Waals surface area contributed by atoms with Gasteiger partial charge in [0, 0.05) is 44.6 Å². The fraction of sp³-hybridized carbons (Fsp3) is 0.292. The quantitative estimate of drug-likeness (QED) is 0.623. The highest BCUT2D eigenvalue weighted by Crippen LogP contribution is 2.17. The lowest BCUT2D eigenvalue weighted by Crippen LogP contribution is -2.41. The van der Waals surface area contributed by atoms with Gasteiger partial charge in [-0.25, -0.2) is 9.78 Å². The summed E-state index contributed by atoms with van der Waals surface area (Å²) in [5.41, 5.74) is 3.67. The number of aryl methyl sites for hydroxylation is 1. The van der Waals surface area contributed by atoms with E-state index in [9.17, 15) is 14.4 Å². The van der Waals surface area contributed by atoms with Crippen LogP contribution in [0.15, 0.2) is 53.6 Å². The predicted octanol–water partition coefficient (Wildman–Crippen LogP) is 1.93. The fourth-order valence-corrected chi connectivity index (χ4v) is 3.75. The lowest BCUT2D eigenvalue weighted by Gasteiger charge is -2.28. The highest BCUT2D eigenvalue weighted by atomic mass is 16.2. The van der Waals surface area contributed by atoms with E-state index in [1.54, 1.807) is 36.5 Å². The Bertz CT molecular complexity index is 1220. The van der Waals surface area contributed by atoms with E-state index in [0.29, 0.717) is 36.6 Å². The first-order valence-electron chi connectivity index (χ1n) is 10.8. The Hall–Kier alpha value is -4.01. The van der Waals surface area contributed by atoms with Crippen LogP contribution < -0.4 is 16.2 Å². The number of hydrogen-bond donors (Lipinski definition) is 2. The molecular weight excluding hydrogens is 420 g/mol. The summed E-state index contributed by atoms with van der Waals surface area (Å²) < 4.78 is 1.52. The Morgan fingerprint density at radius 1 is 1.12 bits per heavy atom. The zero-order valence-corrected chi connectivity index (χ0v) is 18.7. The molecule has 1 aliphatic rings. The van der Waals surface area contributed by atoms with E-state index in [2.05, 4.69) is 20.6 Å². The normalized spacial score (nSPS) is 12.7. The van der Waals surface area contributed by atoms with E-state index in [0.717, 1.165) is 16.8 Å². The first-order valence-corrected chi connectivity index (χ1v) is 10.8. The van der Waals surface area contributed by atoms with Crippen molar-refractivity contribution >= 4 is 17.6 Å². The third kappa shape index (κ3) is 5.25. The molecule has 3 amide bonds. The average Bonchev–Trinajstić information content (AvgIpc) is 2.83. The van der Waals surface area contributed by atoms with Crippen molar-refractivity contribution in [3.05, 3.63) is 87.4 Å². The van der Waals surface area contributed by atoms with Crippen LogP contribution in [0, 0.1) is 6.92 Å². The van der Waals surface area contributed by atoms with E-state index in [1.807, 2.05) is 31.2 Å². The maximum atomic E-state index is 12.8. The summed E-state index contributed by atoms with van der Waals surface area (Å²) in [5.74, 6) is 0.635. The Kier molecular flexibility index (Phi) is 6.48. The van der Waals surface area contributed by atoms with Gasteiger partial charge < -0.3 is 15.5 Å². The summed E-state index contributed by atoms with van der Waals surface area (Å²) in [7, 11) is 1.69. The molecule has 3 heterocycles. The minimum atomic E-state index is -0.319. The van der Waals surface area contributed by atoms with Gasteiger partial charge in [0.2, 0.25) is 5.91 Å². The van der Waals surface area contributed by atoms with Crippen LogP contribution in [-0.4, -0.2) is 37.9 Å². The summed E-state index contributed by atoms with van der Waals surface area (Å²) >= 11 is 0. The van der Waals surface area contributed by atoms with E-state index >= 15 is 0 Å². The van der Waals surface area contributed by atoms with Crippen LogP contribution in [0.3, 0.4) is 0 Å². The molecule has 3 aromatic rings. The molecule has 9 heteroatoms. The average molecular weight is 447 g/mol.